The van der Waals surface area contributed by atoms with Crippen LogP contribution in [-0.4, -0.2) is 24.7 Å². The van der Waals surface area contributed by atoms with Crippen LogP contribution in [0.1, 0.15) is 12.0 Å². The SMILES string of the molecule is CN(CCC(F)(F)F)Cc1cc(F)ccc1N. The number of benzene rings is 1. The van der Waals surface area contributed by atoms with Crippen molar-refractivity contribution in [3.05, 3.63) is 29.6 Å². The molecule has 0 amide bonds. The largest absolute Gasteiger partial charge is 0.398 e. The van der Waals surface area contributed by atoms with Gasteiger partial charge in [0.25, 0.3) is 0 Å². The predicted molar refractivity (Wildman–Crippen MR) is 57.8 cm³/mol. The van der Waals surface area contributed by atoms with Crippen LogP contribution in [0.4, 0.5) is 23.2 Å². The zero-order chi connectivity index (χ0) is 13.1. The molecule has 0 spiro atoms. The molecular weight excluding hydrogens is 236 g/mol. The quantitative estimate of drug-likeness (QED) is 0.657. The Balaban J connectivity index is 2.56. The Labute approximate surface area is 97.0 Å². The molecule has 1 aromatic carbocycles. The highest BCUT2D eigenvalue weighted by Gasteiger charge is 2.27. The molecule has 0 heterocycles. The fourth-order valence-electron chi connectivity index (χ4n) is 1.40. The number of hydrogen-bond donors (Lipinski definition) is 1. The van der Waals surface area contributed by atoms with Crippen LogP contribution in [0.3, 0.4) is 0 Å². The Morgan fingerprint density at radius 1 is 1.29 bits per heavy atom. The van der Waals surface area contributed by atoms with Crippen molar-refractivity contribution in [3.63, 3.8) is 0 Å². The first-order chi connectivity index (χ1) is 7.78. The Hall–Kier alpha value is -1.30. The van der Waals surface area contributed by atoms with Gasteiger partial charge in [0.2, 0.25) is 0 Å². The number of hydrogen-bond acceptors (Lipinski definition) is 2. The first-order valence-electron chi connectivity index (χ1n) is 5.07. The molecule has 0 fully saturated rings. The molecule has 1 aromatic rings. The Bertz CT molecular complexity index is 376. The summed E-state index contributed by atoms with van der Waals surface area (Å²) >= 11 is 0. The van der Waals surface area contributed by atoms with Crippen LogP contribution in [0.2, 0.25) is 0 Å². The van der Waals surface area contributed by atoms with E-state index in [4.69, 9.17) is 5.73 Å². The van der Waals surface area contributed by atoms with Crippen molar-refractivity contribution in [3.8, 4) is 0 Å². The molecule has 2 N–H and O–H groups in total. The average molecular weight is 250 g/mol. The van der Waals surface area contributed by atoms with Gasteiger partial charge in [-0.3, -0.25) is 0 Å². The number of halogens is 4. The van der Waals surface area contributed by atoms with Crippen LogP contribution >= 0.6 is 0 Å². The van der Waals surface area contributed by atoms with Crippen LogP contribution in [-0.2, 0) is 6.54 Å². The first-order valence-corrected chi connectivity index (χ1v) is 5.07. The Kier molecular flexibility index (Phi) is 4.34. The van der Waals surface area contributed by atoms with Crippen LogP contribution in [0.25, 0.3) is 0 Å². The number of nitrogen functional groups attached to an aromatic ring is 1. The third kappa shape index (κ3) is 5.04. The smallest absolute Gasteiger partial charge is 0.390 e. The second-order valence-corrected chi connectivity index (χ2v) is 3.95. The van der Waals surface area contributed by atoms with E-state index in [9.17, 15) is 17.6 Å². The molecule has 0 aliphatic heterocycles. The summed E-state index contributed by atoms with van der Waals surface area (Å²) in [6.07, 6.45) is -5.07. The standard InChI is InChI=1S/C11H14F4N2/c1-17(5-4-11(13,14)15)7-8-6-9(12)2-3-10(8)16/h2-3,6H,4-5,7,16H2,1H3. The summed E-state index contributed by atoms with van der Waals surface area (Å²) in [5.41, 5.74) is 6.48. The van der Waals surface area contributed by atoms with Crippen LogP contribution in [0.5, 0.6) is 0 Å². The van der Waals surface area contributed by atoms with E-state index in [0.717, 1.165) is 0 Å². The molecule has 0 radical (unpaired) electrons. The molecule has 96 valence electrons. The van der Waals surface area contributed by atoms with Gasteiger partial charge in [-0.05, 0) is 30.8 Å². The summed E-state index contributed by atoms with van der Waals surface area (Å²) in [7, 11) is 1.54. The molecule has 2 nitrogen and oxygen atoms in total. The first kappa shape index (κ1) is 13.8. The summed E-state index contributed by atoms with van der Waals surface area (Å²) in [5.74, 6) is -0.446. The lowest BCUT2D eigenvalue weighted by molar-refractivity contribution is -0.137. The van der Waals surface area contributed by atoms with Crippen LogP contribution in [0, 0.1) is 5.82 Å². The molecule has 0 aliphatic rings. The molecular formula is C11H14F4N2. The summed E-state index contributed by atoms with van der Waals surface area (Å²) in [4.78, 5) is 1.46. The molecule has 0 atom stereocenters. The summed E-state index contributed by atoms with van der Waals surface area (Å²) in [5, 5.41) is 0. The molecule has 0 aliphatic carbocycles. The topological polar surface area (TPSA) is 29.3 Å². The molecule has 0 saturated carbocycles. The van der Waals surface area contributed by atoms with Crippen LogP contribution in [0.15, 0.2) is 18.2 Å². The fourth-order valence-corrected chi connectivity index (χ4v) is 1.40. The Morgan fingerprint density at radius 2 is 1.94 bits per heavy atom. The minimum atomic E-state index is -4.18. The van der Waals surface area contributed by atoms with Crippen molar-refractivity contribution in [2.75, 3.05) is 19.3 Å². The van der Waals surface area contributed by atoms with Crippen molar-refractivity contribution in [2.45, 2.75) is 19.1 Å². The van der Waals surface area contributed by atoms with Crippen molar-refractivity contribution in [1.29, 1.82) is 0 Å². The van der Waals surface area contributed by atoms with Gasteiger partial charge < -0.3 is 10.6 Å². The monoisotopic (exact) mass is 250 g/mol. The van der Waals surface area contributed by atoms with Gasteiger partial charge in [-0.1, -0.05) is 0 Å². The minimum Gasteiger partial charge on any atom is -0.398 e. The molecule has 6 heteroatoms. The van der Waals surface area contributed by atoms with Gasteiger partial charge in [0, 0.05) is 18.8 Å². The average Bonchev–Trinajstić information content (AvgIpc) is 2.20. The van der Waals surface area contributed by atoms with Crippen molar-refractivity contribution < 1.29 is 17.6 Å². The van der Waals surface area contributed by atoms with Gasteiger partial charge in [0.1, 0.15) is 5.82 Å². The molecule has 0 bridgehead atoms. The Morgan fingerprint density at radius 3 is 2.53 bits per heavy atom. The maximum absolute atomic E-state index is 12.9. The van der Waals surface area contributed by atoms with E-state index in [1.807, 2.05) is 0 Å². The van der Waals surface area contributed by atoms with E-state index in [1.165, 1.54) is 30.1 Å². The molecule has 0 saturated heterocycles. The van der Waals surface area contributed by atoms with E-state index in [-0.39, 0.29) is 13.1 Å². The van der Waals surface area contributed by atoms with Gasteiger partial charge in [0.05, 0.1) is 6.42 Å². The molecule has 0 aromatic heterocycles. The maximum Gasteiger partial charge on any atom is 0.390 e. The molecule has 0 unspecified atom stereocenters. The summed E-state index contributed by atoms with van der Waals surface area (Å²) in [6.45, 7) is 0.0547. The third-order valence-electron chi connectivity index (χ3n) is 2.32. The summed E-state index contributed by atoms with van der Waals surface area (Å²) < 4.78 is 48.9. The molecule has 1 rings (SSSR count). The highest BCUT2D eigenvalue weighted by atomic mass is 19.4. The second-order valence-electron chi connectivity index (χ2n) is 3.95. The second kappa shape index (κ2) is 5.35. The third-order valence-corrected chi connectivity index (χ3v) is 2.32. The number of nitrogens with zero attached hydrogens (tertiary/aromatic N) is 1. The number of nitrogens with two attached hydrogens (primary N) is 1. The van der Waals surface area contributed by atoms with E-state index >= 15 is 0 Å². The van der Waals surface area contributed by atoms with Crippen molar-refractivity contribution >= 4 is 5.69 Å². The van der Waals surface area contributed by atoms with Gasteiger partial charge >= 0.3 is 6.18 Å². The van der Waals surface area contributed by atoms with Crippen molar-refractivity contribution in [2.24, 2.45) is 0 Å². The summed E-state index contributed by atoms with van der Waals surface area (Å²) in [6, 6.07) is 3.86. The lowest BCUT2D eigenvalue weighted by Gasteiger charge is -2.18. The van der Waals surface area contributed by atoms with Gasteiger partial charge in [-0.15, -0.1) is 0 Å². The molecule has 17 heavy (non-hydrogen) atoms. The predicted octanol–water partition coefficient (Wildman–Crippen LogP) is 2.79. The van der Waals surface area contributed by atoms with E-state index in [1.54, 1.807) is 0 Å². The zero-order valence-corrected chi connectivity index (χ0v) is 9.39. The van der Waals surface area contributed by atoms with E-state index < -0.39 is 18.4 Å². The van der Waals surface area contributed by atoms with Gasteiger partial charge in [0.15, 0.2) is 0 Å². The van der Waals surface area contributed by atoms with Crippen molar-refractivity contribution in [1.82, 2.24) is 4.90 Å². The van der Waals surface area contributed by atoms with Crippen LogP contribution < -0.4 is 5.73 Å². The maximum atomic E-state index is 12.9. The number of anilines is 1. The van der Waals surface area contributed by atoms with Gasteiger partial charge in [-0.2, -0.15) is 13.2 Å². The highest BCUT2D eigenvalue weighted by Crippen LogP contribution is 2.21. The number of alkyl halides is 3. The van der Waals surface area contributed by atoms with E-state index in [0.29, 0.717) is 11.3 Å². The zero-order valence-electron chi connectivity index (χ0n) is 9.39. The normalized spacial score (nSPS) is 12.1. The lowest BCUT2D eigenvalue weighted by Crippen LogP contribution is -2.24. The fraction of sp³-hybridized carbons (Fsp3) is 0.455. The minimum absolute atomic E-state index is 0.139. The van der Waals surface area contributed by atoms with Gasteiger partial charge in [-0.25, -0.2) is 4.39 Å². The number of rotatable bonds is 4. The van der Waals surface area contributed by atoms with E-state index in [2.05, 4.69) is 0 Å². The highest BCUT2D eigenvalue weighted by molar-refractivity contribution is 5.46. The lowest BCUT2D eigenvalue weighted by atomic mass is 10.1.